The van der Waals surface area contributed by atoms with Gasteiger partial charge in [-0.05, 0) is 30.7 Å². The van der Waals surface area contributed by atoms with Crippen molar-refractivity contribution < 1.29 is 19.1 Å². The molecule has 0 fully saturated rings. The molecule has 2 N–H and O–H groups in total. The van der Waals surface area contributed by atoms with Crippen LogP contribution in [-0.4, -0.2) is 19.0 Å². The minimum absolute atomic E-state index is 0.0463. The van der Waals surface area contributed by atoms with Crippen LogP contribution in [0.25, 0.3) is 0 Å². The zero-order valence-electron chi connectivity index (χ0n) is 16.8. The number of fused-ring (bicyclic) bond motifs is 2. The van der Waals surface area contributed by atoms with Crippen molar-refractivity contribution in [3.8, 4) is 6.07 Å². The van der Waals surface area contributed by atoms with Crippen molar-refractivity contribution in [1.82, 2.24) is 0 Å². The molecule has 1 amide bonds. The molecule has 2 aromatic rings. The second-order valence-electron chi connectivity index (χ2n) is 7.16. The summed E-state index contributed by atoms with van der Waals surface area (Å²) in [4.78, 5) is 28.5. The molecule has 0 saturated heterocycles. The average molecular weight is 480 g/mol. The SMILES string of the molecule is COC(=O)C1=C(C)OC(N)=C(C#N)[C@]12C(=O)N(Cc1cccc(Br)c1)c1ccccc12. The normalized spacial score (nSPS) is 19.9. The number of nitrogens with zero attached hydrogens (tertiary/aromatic N) is 2. The summed E-state index contributed by atoms with van der Waals surface area (Å²) >= 11 is 3.45. The number of para-hydroxylation sites is 1. The lowest BCUT2D eigenvalue weighted by molar-refractivity contribution is -0.138. The molecule has 2 aliphatic rings. The number of nitrogens with two attached hydrogens (primary N) is 1. The van der Waals surface area contributed by atoms with E-state index < -0.39 is 17.3 Å². The molecule has 1 atom stereocenters. The van der Waals surface area contributed by atoms with E-state index in [1.54, 1.807) is 29.2 Å². The number of halogens is 1. The lowest BCUT2D eigenvalue weighted by atomic mass is 9.68. The minimum Gasteiger partial charge on any atom is -0.466 e. The predicted octanol–water partition coefficient (Wildman–Crippen LogP) is 3.40. The Bertz CT molecular complexity index is 1230. The van der Waals surface area contributed by atoms with E-state index in [9.17, 15) is 14.9 Å². The molecule has 0 saturated carbocycles. The van der Waals surface area contributed by atoms with Crippen molar-refractivity contribution in [3.05, 3.63) is 86.9 Å². The van der Waals surface area contributed by atoms with Gasteiger partial charge >= 0.3 is 5.97 Å². The van der Waals surface area contributed by atoms with E-state index in [4.69, 9.17) is 15.2 Å². The van der Waals surface area contributed by atoms with E-state index in [0.717, 1.165) is 10.0 Å². The topological polar surface area (TPSA) is 106 Å². The molecule has 0 aromatic heterocycles. The molecular formula is C23H18BrN3O4. The van der Waals surface area contributed by atoms with Crippen molar-refractivity contribution >= 4 is 33.5 Å². The Hall–Kier alpha value is -3.57. The van der Waals surface area contributed by atoms with Gasteiger partial charge in [0.2, 0.25) is 11.8 Å². The Kier molecular flexibility index (Phi) is 5.07. The molecule has 156 valence electrons. The smallest absolute Gasteiger partial charge is 0.339 e. The number of nitriles is 1. The van der Waals surface area contributed by atoms with Crippen LogP contribution in [0.4, 0.5) is 5.69 Å². The summed E-state index contributed by atoms with van der Waals surface area (Å²) in [5.74, 6) is -1.31. The number of hydrogen-bond acceptors (Lipinski definition) is 6. The average Bonchev–Trinajstić information content (AvgIpc) is 2.97. The molecule has 2 aromatic carbocycles. The molecule has 8 heteroatoms. The fourth-order valence-electron chi connectivity index (χ4n) is 4.29. The number of methoxy groups -OCH3 is 1. The van der Waals surface area contributed by atoms with Crippen LogP contribution in [0, 0.1) is 11.3 Å². The van der Waals surface area contributed by atoms with E-state index in [2.05, 4.69) is 15.9 Å². The van der Waals surface area contributed by atoms with Gasteiger partial charge in [-0.3, -0.25) is 4.79 Å². The maximum atomic E-state index is 14.1. The first-order valence-corrected chi connectivity index (χ1v) is 10.2. The monoisotopic (exact) mass is 479 g/mol. The number of anilines is 1. The number of ether oxygens (including phenoxy) is 2. The van der Waals surface area contributed by atoms with E-state index in [1.807, 2.05) is 30.3 Å². The lowest BCUT2D eigenvalue weighted by Gasteiger charge is -2.34. The highest BCUT2D eigenvalue weighted by Crippen LogP contribution is 2.54. The number of carbonyl (C=O) groups is 2. The molecule has 4 rings (SSSR count). The molecule has 31 heavy (non-hydrogen) atoms. The Morgan fingerprint density at radius 3 is 2.71 bits per heavy atom. The van der Waals surface area contributed by atoms with E-state index >= 15 is 0 Å². The molecule has 0 bridgehead atoms. The third kappa shape index (κ3) is 2.93. The summed E-state index contributed by atoms with van der Waals surface area (Å²) < 4.78 is 11.3. The molecule has 2 aliphatic heterocycles. The van der Waals surface area contributed by atoms with Crippen molar-refractivity contribution in [3.63, 3.8) is 0 Å². The van der Waals surface area contributed by atoms with Gasteiger partial charge in [-0.15, -0.1) is 0 Å². The Labute approximate surface area is 187 Å². The second kappa shape index (κ2) is 7.60. The summed E-state index contributed by atoms with van der Waals surface area (Å²) in [6.07, 6.45) is 0. The molecule has 0 unspecified atom stereocenters. The van der Waals surface area contributed by atoms with Crippen LogP contribution < -0.4 is 10.6 Å². The quantitative estimate of drug-likeness (QED) is 0.676. The van der Waals surface area contributed by atoms with E-state index in [0.29, 0.717) is 11.3 Å². The number of rotatable bonds is 3. The fraction of sp³-hybridized carbons (Fsp3) is 0.174. The third-order valence-corrected chi connectivity index (χ3v) is 6.00. The number of hydrogen-bond donors (Lipinski definition) is 1. The first kappa shape index (κ1) is 20.7. The highest BCUT2D eigenvalue weighted by atomic mass is 79.9. The first-order valence-electron chi connectivity index (χ1n) is 9.40. The number of benzene rings is 2. The van der Waals surface area contributed by atoms with Gasteiger partial charge in [-0.1, -0.05) is 46.3 Å². The van der Waals surface area contributed by atoms with Gasteiger partial charge in [-0.25, -0.2) is 4.79 Å². The van der Waals surface area contributed by atoms with Gasteiger partial charge < -0.3 is 20.1 Å². The van der Waals surface area contributed by atoms with Crippen LogP contribution in [0.3, 0.4) is 0 Å². The van der Waals surface area contributed by atoms with Crippen molar-refractivity contribution in [1.29, 1.82) is 5.26 Å². The minimum atomic E-state index is -1.74. The van der Waals surface area contributed by atoms with Crippen molar-refractivity contribution in [2.45, 2.75) is 18.9 Å². The first-order chi connectivity index (χ1) is 14.9. The summed E-state index contributed by atoms with van der Waals surface area (Å²) in [5, 5.41) is 9.98. The van der Waals surface area contributed by atoms with Crippen LogP contribution in [0.2, 0.25) is 0 Å². The molecule has 0 aliphatic carbocycles. The van der Waals surface area contributed by atoms with Crippen LogP contribution in [0.15, 0.2) is 75.8 Å². The zero-order valence-corrected chi connectivity index (χ0v) is 18.4. The zero-order chi connectivity index (χ0) is 22.3. The van der Waals surface area contributed by atoms with Crippen LogP contribution in [0.1, 0.15) is 18.1 Å². The maximum absolute atomic E-state index is 14.1. The molecule has 0 radical (unpaired) electrons. The highest BCUT2D eigenvalue weighted by molar-refractivity contribution is 9.10. The Balaban J connectivity index is 2.00. The molecule has 7 nitrogen and oxygen atoms in total. The van der Waals surface area contributed by atoms with Gasteiger partial charge in [0.05, 0.1) is 13.7 Å². The van der Waals surface area contributed by atoms with Gasteiger partial charge in [0.1, 0.15) is 23.0 Å². The summed E-state index contributed by atoms with van der Waals surface area (Å²) in [5.41, 5.74) is 6.07. The highest BCUT2D eigenvalue weighted by Gasteiger charge is 2.62. The van der Waals surface area contributed by atoms with Gasteiger partial charge in [0, 0.05) is 15.7 Å². The molecular weight excluding hydrogens is 462 g/mol. The molecule has 1 spiro atoms. The Morgan fingerprint density at radius 1 is 1.29 bits per heavy atom. The maximum Gasteiger partial charge on any atom is 0.339 e. The number of carbonyl (C=O) groups excluding carboxylic acids is 2. The third-order valence-electron chi connectivity index (χ3n) is 5.51. The van der Waals surface area contributed by atoms with Gasteiger partial charge in [0.15, 0.2) is 5.41 Å². The summed E-state index contributed by atoms with van der Waals surface area (Å²) in [7, 11) is 1.22. The van der Waals surface area contributed by atoms with Gasteiger partial charge in [0.25, 0.3) is 0 Å². The van der Waals surface area contributed by atoms with E-state index in [-0.39, 0.29) is 29.3 Å². The van der Waals surface area contributed by atoms with Crippen LogP contribution >= 0.6 is 15.9 Å². The predicted molar refractivity (Wildman–Crippen MR) is 116 cm³/mol. The Morgan fingerprint density at radius 2 is 2.03 bits per heavy atom. The largest absolute Gasteiger partial charge is 0.466 e. The van der Waals surface area contributed by atoms with Crippen molar-refractivity contribution in [2.24, 2.45) is 5.73 Å². The molecule has 2 heterocycles. The van der Waals surface area contributed by atoms with E-state index in [1.165, 1.54) is 14.0 Å². The number of allylic oxidation sites excluding steroid dienone is 1. The fourth-order valence-corrected chi connectivity index (χ4v) is 4.74. The summed E-state index contributed by atoms with van der Waals surface area (Å²) in [6, 6.07) is 16.6. The summed E-state index contributed by atoms with van der Waals surface area (Å²) in [6.45, 7) is 1.77. The van der Waals surface area contributed by atoms with Crippen molar-refractivity contribution in [2.75, 3.05) is 12.0 Å². The van der Waals surface area contributed by atoms with Crippen LogP contribution in [0.5, 0.6) is 0 Å². The number of amides is 1. The number of esters is 1. The standard InChI is InChI=1S/C23H18BrN3O4/c1-13-19(21(28)30-2)23(17(11-25)20(26)31-13)16-8-3-4-9-18(16)27(22(23)29)12-14-6-5-7-15(24)10-14/h3-10H,12,26H2,1-2H3/t23-/m0/s1. The second-order valence-corrected chi connectivity index (χ2v) is 8.08. The van der Waals surface area contributed by atoms with Crippen LogP contribution in [-0.2, 0) is 31.0 Å². The lowest BCUT2D eigenvalue weighted by Crippen LogP contribution is -2.48. The van der Waals surface area contributed by atoms with Gasteiger partial charge in [-0.2, -0.15) is 5.26 Å².